The Labute approximate surface area is 93.9 Å². The largest absolute Gasteiger partial charge is 0.820 e. The van der Waals surface area contributed by atoms with Crippen molar-refractivity contribution in [2.24, 2.45) is 7.05 Å². The van der Waals surface area contributed by atoms with Gasteiger partial charge in [0.2, 0.25) is 6.01 Å². The second kappa shape index (κ2) is 3.02. The van der Waals surface area contributed by atoms with E-state index >= 15 is 0 Å². The van der Waals surface area contributed by atoms with Gasteiger partial charge in [0.15, 0.2) is 0 Å². The Morgan fingerprint density at radius 3 is 3.00 bits per heavy atom. The van der Waals surface area contributed by atoms with E-state index in [-0.39, 0.29) is 0 Å². The number of aryl methyl sites for hydroxylation is 1. The molecule has 5 nitrogen and oxygen atoms in total. The Morgan fingerprint density at radius 2 is 2.19 bits per heavy atom. The Bertz CT molecular complexity index is 760. The van der Waals surface area contributed by atoms with Gasteiger partial charge in [-0.3, -0.25) is 0 Å². The highest BCUT2D eigenvalue weighted by atomic mass is 32.1. The van der Waals surface area contributed by atoms with Crippen molar-refractivity contribution in [3.05, 3.63) is 34.7 Å². The minimum absolute atomic E-state index is 0.517. The molecule has 3 aromatic rings. The molecule has 1 aromatic carbocycles. The Balaban J connectivity index is 2.70. The third kappa shape index (κ3) is 1.07. The summed E-state index contributed by atoms with van der Waals surface area (Å²) < 4.78 is 3.80. The lowest BCUT2D eigenvalue weighted by atomic mass is 10.3. The van der Waals surface area contributed by atoms with E-state index in [4.69, 9.17) is 0 Å². The third-order valence-electron chi connectivity index (χ3n) is 2.46. The van der Waals surface area contributed by atoms with Crippen molar-refractivity contribution >= 4 is 26.5 Å². The summed E-state index contributed by atoms with van der Waals surface area (Å²) in [4.78, 5) is 15.7. The summed E-state index contributed by atoms with van der Waals surface area (Å²) in [6, 6.07) is 6.99. The summed E-state index contributed by atoms with van der Waals surface area (Å²) in [6.45, 7) is 0. The maximum Gasteiger partial charge on any atom is 0.484 e. The number of hydrogen-bond acceptors (Lipinski definition) is 4. The molecule has 0 amide bonds. The summed E-state index contributed by atoms with van der Waals surface area (Å²) in [6.07, 6.45) is 0. The van der Waals surface area contributed by atoms with Crippen LogP contribution in [0.4, 0.5) is 0 Å². The molecule has 2 heterocycles. The van der Waals surface area contributed by atoms with Crippen molar-refractivity contribution in [2.75, 3.05) is 0 Å². The number of benzene rings is 1. The van der Waals surface area contributed by atoms with Crippen molar-refractivity contribution < 1.29 is 9.67 Å². The van der Waals surface area contributed by atoms with Gasteiger partial charge in [0.05, 0.1) is 11.7 Å². The first-order chi connectivity index (χ1) is 7.68. The molecule has 3 rings (SSSR count). The fourth-order valence-electron chi connectivity index (χ4n) is 1.67. The molecule has 0 atom stereocenters. The number of hydrogen-bond donors (Lipinski definition) is 0. The fourth-order valence-corrected chi connectivity index (χ4v) is 2.76. The van der Waals surface area contributed by atoms with Crippen LogP contribution in [0, 0.1) is 0 Å². The van der Waals surface area contributed by atoms with Gasteiger partial charge >= 0.3 is 5.69 Å². The zero-order chi connectivity index (χ0) is 11.3. The Morgan fingerprint density at radius 1 is 1.44 bits per heavy atom. The maximum absolute atomic E-state index is 11.7. The second-order valence-electron chi connectivity index (χ2n) is 3.42. The van der Waals surface area contributed by atoms with Gasteiger partial charge in [0.1, 0.15) is 5.52 Å². The number of para-hydroxylation sites is 1. The predicted molar refractivity (Wildman–Crippen MR) is 57.5 cm³/mol. The molecular formula is C10H7N3O2S. The highest BCUT2D eigenvalue weighted by Crippen LogP contribution is 2.22. The van der Waals surface area contributed by atoms with E-state index in [0.717, 1.165) is 10.2 Å². The molecule has 2 aromatic heterocycles. The van der Waals surface area contributed by atoms with E-state index in [1.807, 2.05) is 24.3 Å². The van der Waals surface area contributed by atoms with Crippen LogP contribution in [0.3, 0.4) is 0 Å². The minimum atomic E-state index is -0.518. The van der Waals surface area contributed by atoms with Gasteiger partial charge in [-0.05, 0) is 17.1 Å². The molecule has 0 N–H and O–H groups in total. The molecule has 0 saturated heterocycles. The smallest absolute Gasteiger partial charge is 0.484 e. The van der Waals surface area contributed by atoms with E-state index in [2.05, 4.69) is 4.98 Å². The first kappa shape index (κ1) is 9.29. The quantitative estimate of drug-likeness (QED) is 0.505. The van der Waals surface area contributed by atoms with Crippen molar-refractivity contribution in [3.63, 3.8) is 0 Å². The van der Waals surface area contributed by atoms with E-state index in [1.165, 1.54) is 20.3 Å². The van der Waals surface area contributed by atoms with Crippen LogP contribution in [0.1, 0.15) is 0 Å². The van der Waals surface area contributed by atoms with Crippen LogP contribution in [0.25, 0.3) is 15.2 Å². The predicted octanol–water partition coefficient (Wildman–Crippen LogP) is -0.193. The van der Waals surface area contributed by atoms with Crippen LogP contribution >= 0.6 is 11.3 Å². The Kier molecular flexibility index (Phi) is 1.75. The van der Waals surface area contributed by atoms with E-state index in [1.54, 1.807) is 7.05 Å². The number of aromatic nitrogens is 3. The molecule has 0 radical (unpaired) electrons. The third-order valence-corrected chi connectivity index (χ3v) is 3.66. The lowest BCUT2D eigenvalue weighted by molar-refractivity contribution is -0.697. The molecule has 0 aliphatic rings. The molecule has 0 aliphatic carbocycles. The molecule has 0 fully saturated rings. The average Bonchev–Trinajstić information content (AvgIpc) is 2.65. The number of fused-ring (bicyclic) bond motifs is 3. The van der Waals surface area contributed by atoms with Crippen molar-refractivity contribution in [2.45, 2.75) is 0 Å². The summed E-state index contributed by atoms with van der Waals surface area (Å²) >= 11 is 1.40. The molecule has 0 bridgehead atoms. The first-order valence-corrected chi connectivity index (χ1v) is 5.47. The topological polar surface area (TPSA) is 61.3 Å². The Hall–Kier alpha value is -1.95. The van der Waals surface area contributed by atoms with Crippen LogP contribution in [-0.4, -0.2) is 9.38 Å². The highest BCUT2D eigenvalue weighted by Gasteiger charge is 2.16. The van der Waals surface area contributed by atoms with Crippen LogP contribution in [0.15, 0.2) is 29.1 Å². The molecule has 6 heteroatoms. The van der Waals surface area contributed by atoms with Gasteiger partial charge in [-0.2, -0.15) is 0 Å². The van der Waals surface area contributed by atoms with Crippen LogP contribution in [-0.2, 0) is 7.05 Å². The molecule has 0 spiro atoms. The van der Waals surface area contributed by atoms with Gasteiger partial charge in [0, 0.05) is 0 Å². The summed E-state index contributed by atoms with van der Waals surface area (Å²) in [5, 5.41) is 11.4. The molecule has 80 valence electrons. The van der Waals surface area contributed by atoms with Gasteiger partial charge in [-0.25, -0.2) is 9.36 Å². The highest BCUT2D eigenvalue weighted by molar-refractivity contribution is 7.23. The van der Waals surface area contributed by atoms with Crippen LogP contribution in [0.2, 0.25) is 0 Å². The monoisotopic (exact) mass is 233 g/mol. The number of nitrogens with zero attached hydrogens (tertiary/aromatic N) is 3. The number of thiazole rings is 1. The molecule has 0 saturated carbocycles. The van der Waals surface area contributed by atoms with Gasteiger partial charge < -0.3 is 5.11 Å². The fraction of sp³-hybridized carbons (Fsp3) is 0.100. The molecule has 0 unspecified atom stereocenters. The van der Waals surface area contributed by atoms with E-state index in [9.17, 15) is 9.90 Å². The average molecular weight is 233 g/mol. The van der Waals surface area contributed by atoms with Crippen molar-refractivity contribution in [3.8, 4) is 6.01 Å². The molecule has 0 aliphatic heterocycles. The maximum atomic E-state index is 11.7. The summed E-state index contributed by atoms with van der Waals surface area (Å²) in [7, 11) is 1.61. The standard InChI is InChI=1S/C10H7N3O2S/c1-12-8(14)11-9(15)13-6-4-2-3-5-7(6)16-10(12)13/h2-5H,1H3. The van der Waals surface area contributed by atoms with Gasteiger partial charge in [-0.15, -0.1) is 4.40 Å². The minimum Gasteiger partial charge on any atom is -0.820 e. The lowest BCUT2D eigenvalue weighted by Crippen LogP contribution is -2.40. The zero-order valence-corrected chi connectivity index (χ0v) is 9.19. The molecular weight excluding hydrogens is 226 g/mol. The summed E-state index contributed by atoms with van der Waals surface area (Å²) in [5.41, 5.74) is 0.270. The summed E-state index contributed by atoms with van der Waals surface area (Å²) in [5.74, 6) is 0. The molecule has 16 heavy (non-hydrogen) atoms. The van der Waals surface area contributed by atoms with Crippen LogP contribution in [0.5, 0.6) is 6.01 Å². The lowest BCUT2D eigenvalue weighted by Gasteiger charge is -2.01. The van der Waals surface area contributed by atoms with E-state index < -0.39 is 11.7 Å². The zero-order valence-electron chi connectivity index (χ0n) is 8.38. The normalized spacial score (nSPS) is 11.3. The van der Waals surface area contributed by atoms with Crippen LogP contribution < -0.4 is 15.4 Å². The van der Waals surface area contributed by atoms with Crippen molar-refractivity contribution in [1.29, 1.82) is 0 Å². The SMILES string of the molecule is C[n+]1c([O-])nc(=O)n2c3ccccc3sc21. The number of rotatable bonds is 0. The van der Waals surface area contributed by atoms with Gasteiger partial charge in [-0.1, -0.05) is 23.5 Å². The second-order valence-corrected chi connectivity index (χ2v) is 4.43. The first-order valence-electron chi connectivity index (χ1n) is 4.66. The van der Waals surface area contributed by atoms with Gasteiger partial charge in [0.25, 0.3) is 4.96 Å². The van der Waals surface area contributed by atoms with Crippen molar-refractivity contribution in [1.82, 2.24) is 9.38 Å². The van der Waals surface area contributed by atoms with E-state index in [0.29, 0.717) is 4.96 Å².